The van der Waals surface area contributed by atoms with Gasteiger partial charge in [-0.3, -0.25) is 0 Å². The molecule has 0 bridgehead atoms. The van der Waals surface area contributed by atoms with Gasteiger partial charge in [-0.05, 0) is 64.0 Å². The highest BCUT2D eigenvalue weighted by Crippen LogP contribution is 2.38. The van der Waals surface area contributed by atoms with Crippen LogP contribution in [-0.2, 0) is 0 Å². The number of hydrogen-bond acceptors (Lipinski definition) is 3. The number of halogens is 2. The third-order valence-corrected chi connectivity index (χ3v) is 5.99. The fourth-order valence-electron chi connectivity index (χ4n) is 1.58. The maximum Gasteiger partial charge on any atom is 0.0774 e. The molecule has 0 spiro atoms. The molecule has 1 unspecified atom stereocenters. The van der Waals surface area contributed by atoms with Gasteiger partial charge >= 0.3 is 0 Å². The van der Waals surface area contributed by atoms with Gasteiger partial charge in [0.2, 0.25) is 0 Å². The molecule has 0 fully saturated rings. The van der Waals surface area contributed by atoms with Crippen LogP contribution < -0.4 is 5.32 Å². The van der Waals surface area contributed by atoms with Crippen molar-refractivity contribution in [2.45, 2.75) is 13.0 Å². The quantitative estimate of drug-likeness (QED) is 0.793. The highest BCUT2D eigenvalue weighted by molar-refractivity contribution is 9.11. The zero-order valence-corrected chi connectivity index (χ0v) is 13.7. The van der Waals surface area contributed by atoms with E-state index in [1.54, 1.807) is 11.3 Å². The smallest absolute Gasteiger partial charge is 0.0774 e. The molecular weight excluding hydrogens is 370 g/mol. The van der Waals surface area contributed by atoms with Gasteiger partial charge in [0.15, 0.2) is 0 Å². The summed E-state index contributed by atoms with van der Waals surface area (Å²) in [5, 5.41) is 3.37. The molecule has 2 heterocycles. The second-order valence-electron chi connectivity index (χ2n) is 3.43. The molecule has 1 atom stereocenters. The van der Waals surface area contributed by atoms with Crippen LogP contribution in [0.4, 0.5) is 0 Å². The van der Waals surface area contributed by atoms with E-state index >= 15 is 0 Å². The minimum absolute atomic E-state index is 0.282. The zero-order chi connectivity index (χ0) is 11.7. The average Bonchev–Trinajstić information content (AvgIpc) is 2.76. The van der Waals surface area contributed by atoms with Gasteiger partial charge in [0, 0.05) is 19.1 Å². The standard InChI is InChI=1S/C11H11Br2NS2/c1-6-5-7(12)11(15-6)10(14-2)8-3-4-9(13)16-8/h3-5,10,14H,1-2H3. The molecule has 0 radical (unpaired) electrons. The van der Waals surface area contributed by atoms with Gasteiger partial charge < -0.3 is 5.32 Å². The van der Waals surface area contributed by atoms with Crippen LogP contribution in [0, 0.1) is 6.92 Å². The topological polar surface area (TPSA) is 12.0 Å². The van der Waals surface area contributed by atoms with Crippen molar-refractivity contribution >= 4 is 54.5 Å². The number of nitrogens with one attached hydrogen (secondary N) is 1. The second-order valence-corrected chi connectivity index (χ2v) is 8.07. The predicted molar refractivity (Wildman–Crippen MR) is 79.7 cm³/mol. The Hall–Kier alpha value is 0.320. The highest BCUT2D eigenvalue weighted by atomic mass is 79.9. The van der Waals surface area contributed by atoms with E-state index in [2.05, 4.69) is 62.3 Å². The fourth-order valence-corrected chi connectivity index (χ4v) is 5.21. The van der Waals surface area contributed by atoms with Crippen molar-refractivity contribution in [3.63, 3.8) is 0 Å². The second kappa shape index (κ2) is 5.31. The molecule has 2 aromatic heterocycles. The van der Waals surface area contributed by atoms with Crippen LogP contribution in [0.2, 0.25) is 0 Å². The molecule has 0 aliphatic heterocycles. The lowest BCUT2D eigenvalue weighted by molar-refractivity contribution is 0.714. The van der Waals surface area contributed by atoms with Gasteiger partial charge in [0.05, 0.1) is 9.83 Å². The number of aryl methyl sites for hydroxylation is 1. The fraction of sp³-hybridized carbons (Fsp3) is 0.273. The van der Waals surface area contributed by atoms with Crippen molar-refractivity contribution in [1.82, 2.24) is 5.32 Å². The molecule has 0 aliphatic carbocycles. The van der Waals surface area contributed by atoms with Gasteiger partial charge in [-0.15, -0.1) is 22.7 Å². The van der Waals surface area contributed by atoms with E-state index in [1.165, 1.54) is 22.9 Å². The molecule has 5 heteroatoms. The summed E-state index contributed by atoms with van der Waals surface area (Å²) in [5.41, 5.74) is 0. The lowest BCUT2D eigenvalue weighted by atomic mass is 10.2. The molecule has 2 aromatic rings. The van der Waals surface area contributed by atoms with Crippen LogP contribution in [0.15, 0.2) is 26.5 Å². The van der Waals surface area contributed by atoms with E-state index in [1.807, 2.05) is 18.4 Å². The lowest BCUT2D eigenvalue weighted by Gasteiger charge is -2.13. The largest absolute Gasteiger partial charge is 0.308 e. The Balaban J connectivity index is 2.40. The van der Waals surface area contributed by atoms with E-state index in [0.29, 0.717) is 0 Å². The van der Waals surface area contributed by atoms with E-state index in [-0.39, 0.29) is 6.04 Å². The third kappa shape index (κ3) is 2.59. The maximum absolute atomic E-state index is 3.63. The van der Waals surface area contributed by atoms with Crippen molar-refractivity contribution in [3.05, 3.63) is 41.1 Å². The van der Waals surface area contributed by atoms with Gasteiger partial charge in [-0.1, -0.05) is 0 Å². The van der Waals surface area contributed by atoms with Crippen molar-refractivity contribution in [2.75, 3.05) is 7.05 Å². The summed E-state index contributed by atoms with van der Waals surface area (Å²) < 4.78 is 2.37. The van der Waals surface area contributed by atoms with E-state index in [0.717, 1.165) is 0 Å². The van der Waals surface area contributed by atoms with Gasteiger partial charge in [0.1, 0.15) is 0 Å². The highest BCUT2D eigenvalue weighted by Gasteiger charge is 2.18. The maximum atomic E-state index is 3.63. The number of rotatable bonds is 3. The van der Waals surface area contributed by atoms with Crippen LogP contribution in [0.25, 0.3) is 0 Å². The summed E-state index contributed by atoms with van der Waals surface area (Å²) in [6, 6.07) is 6.72. The van der Waals surface area contributed by atoms with Crippen LogP contribution in [0.3, 0.4) is 0 Å². The Morgan fingerprint density at radius 2 is 2.00 bits per heavy atom. The molecular formula is C11H11Br2NS2. The van der Waals surface area contributed by atoms with Crippen LogP contribution in [-0.4, -0.2) is 7.05 Å². The Morgan fingerprint density at radius 1 is 1.25 bits per heavy atom. The van der Waals surface area contributed by atoms with Gasteiger partial charge in [-0.25, -0.2) is 0 Å². The molecule has 1 nitrogen and oxygen atoms in total. The van der Waals surface area contributed by atoms with Gasteiger partial charge in [-0.2, -0.15) is 0 Å². The summed E-state index contributed by atoms with van der Waals surface area (Å²) in [5.74, 6) is 0. The Morgan fingerprint density at radius 3 is 2.44 bits per heavy atom. The molecule has 0 amide bonds. The van der Waals surface area contributed by atoms with Crippen molar-refractivity contribution in [3.8, 4) is 0 Å². The minimum Gasteiger partial charge on any atom is -0.308 e. The first kappa shape index (κ1) is 12.8. The number of hydrogen-bond donors (Lipinski definition) is 1. The van der Waals surface area contributed by atoms with Gasteiger partial charge in [0.25, 0.3) is 0 Å². The molecule has 0 aromatic carbocycles. The first-order valence-corrected chi connectivity index (χ1v) is 8.02. The monoisotopic (exact) mass is 379 g/mol. The summed E-state index contributed by atoms with van der Waals surface area (Å²) in [4.78, 5) is 4.00. The summed E-state index contributed by atoms with van der Waals surface area (Å²) >= 11 is 10.7. The number of thiophene rings is 2. The molecule has 2 rings (SSSR count). The van der Waals surface area contributed by atoms with Crippen LogP contribution >= 0.6 is 54.5 Å². The summed E-state index contributed by atoms with van der Waals surface area (Å²) in [6.45, 7) is 2.13. The summed E-state index contributed by atoms with van der Waals surface area (Å²) in [7, 11) is 2.00. The normalized spacial score (nSPS) is 13.0. The van der Waals surface area contributed by atoms with E-state index < -0.39 is 0 Å². The zero-order valence-electron chi connectivity index (χ0n) is 8.88. The van der Waals surface area contributed by atoms with Crippen molar-refractivity contribution in [2.24, 2.45) is 0 Å². The SMILES string of the molecule is CNC(c1ccc(Br)s1)c1sc(C)cc1Br. The Labute approximate surface area is 120 Å². The van der Waals surface area contributed by atoms with Crippen LogP contribution in [0.1, 0.15) is 20.7 Å². The van der Waals surface area contributed by atoms with E-state index in [9.17, 15) is 0 Å². The van der Waals surface area contributed by atoms with E-state index in [4.69, 9.17) is 0 Å². The molecule has 0 saturated heterocycles. The Kier molecular flexibility index (Phi) is 4.24. The molecule has 0 saturated carbocycles. The molecule has 86 valence electrons. The first-order valence-electron chi connectivity index (χ1n) is 4.80. The summed E-state index contributed by atoms with van der Waals surface area (Å²) in [6.07, 6.45) is 0. The Bertz CT molecular complexity index is 490. The van der Waals surface area contributed by atoms with Crippen molar-refractivity contribution in [1.29, 1.82) is 0 Å². The third-order valence-electron chi connectivity index (χ3n) is 2.27. The predicted octanol–water partition coefficient (Wildman–Crippen LogP) is 4.95. The first-order chi connectivity index (χ1) is 7.61. The minimum atomic E-state index is 0.282. The van der Waals surface area contributed by atoms with Crippen molar-refractivity contribution < 1.29 is 0 Å². The lowest BCUT2D eigenvalue weighted by Crippen LogP contribution is -2.15. The van der Waals surface area contributed by atoms with Crippen LogP contribution in [0.5, 0.6) is 0 Å². The molecule has 0 aliphatic rings. The average molecular weight is 381 g/mol. The molecule has 1 N–H and O–H groups in total. The molecule has 16 heavy (non-hydrogen) atoms.